The number of likely N-dealkylation sites (N-methyl/N-ethyl adjacent to an activating group) is 1. The van der Waals surface area contributed by atoms with E-state index in [1.54, 1.807) is 18.7 Å². The number of aromatic nitrogens is 2. The average molecular weight is 304 g/mol. The second kappa shape index (κ2) is 6.16. The van der Waals surface area contributed by atoms with E-state index in [0.717, 1.165) is 15.9 Å². The molecule has 0 fully saturated rings. The number of hydrogen-bond donors (Lipinski definition) is 1. The van der Waals surface area contributed by atoms with E-state index in [4.69, 9.17) is 4.74 Å². The summed E-state index contributed by atoms with van der Waals surface area (Å²) in [4.78, 5) is 11.6. The number of hydrogen-bond acceptors (Lipinski definition) is 4. The molecule has 0 aromatic carbocycles. The fourth-order valence-corrected chi connectivity index (χ4v) is 1.84. The maximum Gasteiger partial charge on any atom is 0.325 e. The fraction of sp³-hybridized carbons (Fsp3) is 0.636. The lowest BCUT2D eigenvalue weighted by Crippen LogP contribution is -2.39. The largest absolute Gasteiger partial charge is 0.465 e. The molecule has 17 heavy (non-hydrogen) atoms. The van der Waals surface area contributed by atoms with Gasteiger partial charge in [0.25, 0.3) is 0 Å². The highest BCUT2D eigenvalue weighted by atomic mass is 79.9. The van der Waals surface area contributed by atoms with Crippen molar-refractivity contribution < 1.29 is 9.53 Å². The standard InChI is InChI=1S/C11H18BrN3O2/c1-5-17-11(16)9(13-4)6-15-8(3)10(12)7(2)14-15/h9,13H,5-6H2,1-4H3. The minimum absolute atomic E-state index is 0.251. The summed E-state index contributed by atoms with van der Waals surface area (Å²) in [5.74, 6) is -0.251. The number of ether oxygens (including phenoxy) is 1. The summed E-state index contributed by atoms with van der Waals surface area (Å²) in [6, 6.07) is -0.375. The van der Waals surface area contributed by atoms with E-state index in [9.17, 15) is 4.79 Å². The predicted octanol–water partition coefficient (Wildman–Crippen LogP) is 1.41. The number of aryl methyl sites for hydroxylation is 1. The lowest BCUT2D eigenvalue weighted by atomic mass is 10.3. The van der Waals surface area contributed by atoms with Gasteiger partial charge in [-0.3, -0.25) is 9.48 Å². The molecule has 1 unspecified atom stereocenters. The number of nitrogens with one attached hydrogen (secondary N) is 1. The molecule has 1 heterocycles. The van der Waals surface area contributed by atoms with Crippen LogP contribution in [0.2, 0.25) is 0 Å². The van der Waals surface area contributed by atoms with Gasteiger partial charge >= 0.3 is 5.97 Å². The zero-order valence-electron chi connectivity index (χ0n) is 10.6. The molecular weight excluding hydrogens is 286 g/mol. The molecule has 1 aromatic heterocycles. The molecule has 0 aliphatic heterocycles. The van der Waals surface area contributed by atoms with Crippen LogP contribution in [-0.2, 0) is 16.1 Å². The number of nitrogens with zero attached hydrogens (tertiary/aromatic N) is 2. The van der Waals surface area contributed by atoms with Gasteiger partial charge in [-0.1, -0.05) is 0 Å². The Labute approximate surface area is 110 Å². The van der Waals surface area contributed by atoms with Gasteiger partial charge in [0.05, 0.1) is 23.3 Å². The Morgan fingerprint density at radius 3 is 2.65 bits per heavy atom. The van der Waals surface area contributed by atoms with E-state index in [2.05, 4.69) is 26.3 Å². The molecule has 1 rings (SSSR count). The van der Waals surface area contributed by atoms with Gasteiger partial charge in [0.2, 0.25) is 0 Å². The SMILES string of the molecule is CCOC(=O)C(Cn1nc(C)c(Br)c1C)NC. The van der Waals surface area contributed by atoms with Crippen LogP contribution in [0.15, 0.2) is 4.47 Å². The van der Waals surface area contributed by atoms with Crippen molar-refractivity contribution in [2.45, 2.75) is 33.4 Å². The van der Waals surface area contributed by atoms with Crippen LogP contribution >= 0.6 is 15.9 Å². The van der Waals surface area contributed by atoms with E-state index in [1.165, 1.54) is 0 Å². The van der Waals surface area contributed by atoms with Crippen LogP contribution in [0.1, 0.15) is 18.3 Å². The highest BCUT2D eigenvalue weighted by Gasteiger charge is 2.20. The summed E-state index contributed by atoms with van der Waals surface area (Å²) in [5.41, 5.74) is 1.92. The zero-order valence-corrected chi connectivity index (χ0v) is 12.2. The molecule has 1 aromatic rings. The van der Waals surface area contributed by atoms with Gasteiger partial charge in [0.15, 0.2) is 0 Å². The van der Waals surface area contributed by atoms with Gasteiger partial charge in [-0.2, -0.15) is 5.10 Å². The van der Waals surface area contributed by atoms with Crippen molar-refractivity contribution in [1.29, 1.82) is 0 Å². The van der Waals surface area contributed by atoms with Crippen molar-refractivity contribution >= 4 is 21.9 Å². The van der Waals surface area contributed by atoms with Crippen molar-refractivity contribution in [1.82, 2.24) is 15.1 Å². The lowest BCUT2D eigenvalue weighted by Gasteiger charge is -2.15. The Morgan fingerprint density at radius 1 is 1.59 bits per heavy atom. The number of rotatable bonds is 5. The van der Waals surface area contributed by atoms with E-state index in [1.807, 2.05) is 13.8 Å². The molecule has 0 bridgehead atoms. The Morgan fingerprint density at radius 2 is 2.24 bits per heavy atom. The molecule has 0 spiro atoms. The first-order valence-corrected chi connectivity index (χ1v) is 6.34. The highest BCUT2D eigenvalue weighted by molar-refractivity contribution is 9.10. The average Bonchev–Trinajstić information content (AvgIpc) is 2.54. The summed E-state index contributed by atoms with van der Waals surface area (Å²) in [7, 11) is 1.74. The van der Waals surface area contributed by atoms with Crippen molar-refractivity contribution in [2.24, 2.45) is 0 Å². The maximum atomic E-state index is 11.6. The number of carbonyl (C=O) groups is 1. The molecule has 5 nitrogen and oxygen atoms in total. The van der Waals surface area contributed by atoms with Gasteiger partial charge < -0.3 is 10.1 Å². The normalized spacial score (nSPS) is 12.5. The fourth-order valence-electron chi connectivity index (χ4n) is 1.55. The first-order valence-electron chi connectivity index (χ1n) is 5.54. The molecule has 1 N–H and O–H groups in total. The monoisotopic (exact) mass is 303 g/mol. The number of esters is 1. The molecule has 0 radical (unpaired) electrons. The molecule has 1 atom stereocenters. The molecule has 0 aliphatic carbocycles. The van der Waals surface area contributed by atoms with E-state index in [0.29, 0.717) is 13.2 Å². The smallest absolute Gasteiger partial charge is 0.325 e. The maximum absolute atomic E-state index is 11.6. The van der Waals surface area contributed by atoms with E-state index >= 15 is 0 Å². The van der Waals surface area contributed by atoms with Crippen LogP contribution in [-0.4, -0.2) is 35.4 Å². The topological polar surface area (TPSA) is 56.2 Å². The van der Waals surface area contributed by atoms with Crippen LogP contribution in [0, 0.1) is 13.8 Å². The van der Waals surface area contributed by atoms with Gasteiger partial charge in [0, 0.05) is 5.69 Å². The quantitative estimate of drug-likeness (QED) is 0.836. The van der Waals surface area contributed by atoms with Crippen LogP contribution in [0.3, 0.4) is 0 Å². The lowest BCUT2D eigenvalue weighted by molar-refractivity contribution is -0.145. The van der Waals surface area contributed by atoms with Crippen LogP contribution in [0.5, 0.6) is 0 Å². The second-order valence-electron chi connectivity index (χ2n) is 3.76. The highest BCUT2D eigenvalue weighted by Crippen LogP contribution is 2.19. The van der Waals surface area contributed by atoms with Crippen molar-refractivity contribution in [3.8, 4) is 0 Å². The van der Waals surface area contributed by atoms with Crippen LogP contribution in [0.25, 0.3) is 0 Å². The third-order valence-electron chi connectivity index (χ3n) is 2.57. The Bertz CT molecular complexity index is 404. The van der Waals surface area contributed by atoms with Gasteiger partial charge in [-0.25, -0.2) is 0 Å². The van der Waals surface area contributed by atoms with Crippen molar-refractivity contribution in [3.05, 3.63) is 15.9 Å². The molecule has 0 saturated heterocycles. The van der Waals surface area contributed by atoms with Crippen molar-refractivity contribution in [2.75, 3.05) is 13.7 Å². The summed E-state index contributed by atoms with van der Waals surface area (Å²) in [6.07, 6.45) is 0. The van der Waals surface area contributed by atoms with E-state index < -0.39 is 0 Å². The van der Waals surface area contributed by atoms with Crippen LogP contribution < -0.4 is 5.32 Å². The minimum atomic E-state index is -0.375. The van der Waals surface area contributed by atoms with Crippen LogP contribution in [0.4, 0.5) is 0 Å². The van der Waals surface area contributed by atoms with Gasteiger partial charge in [-0.15, -0.1) is 0 Å². The molecule has 96 valence electrons. The molecule has 0 aliphatic rings. The third-order valence-corrected chi connectivity index (χ3v) is 3.72. The van der Waals surface area contributed by atoms with E-state index in [-0.39, 0.29) is 12.0 Å². The first-order chi connectivity index (χ1) is 8.01. The number of halogens is 1. The molecule has 0 amide bonds. The first kappa shape index (κ1) is 14.2. The summed E-state index contributed by atoms with van der Waals surface area (Å²) < 4.78 is 7.78. The molecule has 0 saturated carbocycles. The van der Waals surface area contributed by atoms with Gasteiger partial charge in [0.1, 0.15) is 6.04 Å². The summed E-state index contributed by atoms with van der Waals surface area (Å²) in [6.45, 7) is 6.53. The third kappa shape index (κ3) is 3.29. The molecular formula is C11H18BrN3O2. The Hall–Kier alpha value is -0.880. The molecule has 6 heteroatoms. The second-order valence-corrected chi connectivity index (χ2v) is 4.55. The predicted molar refractivity (Wildman–Crippen MR) is 68.9 cm³/mol. The zero-order chi connectivity index (χ0) is 13.0. The number of carbonyl (C=O) groups excluding carboxylic acids is 1. The summed E-state index contributed by atoms with van der Waals surface area (Å²) in [5, 5.41) is 7.30. The Balaban J connectivity index is 2.80. The van der Waals surface area contributed by atoms with Gasteiger partial charge in [-0.05, 0) is 43.7 Å². The minimum Gasteiger partial charge on any atom is -0.465 e. The Kier molecular flexibility index (Phi) is 5.14. The van der Waals surface area contributed by atoms with Crippen molar-refractivity contribution in [3.63, 3.8) is 0 Å². The summed E-state index contributed by atoms with van der Waals surface area (Å²) >= 11 is 3.46.